The second-order valence-corrected chi connectivity index (χ2v) is 3.86. The predicted octanol–water partition coefficient (Wildman–Crippen LogP) is 1.17. The van der Waals surface area contributed by atoms with E-state index in [0.717, 1.165) is 11.1 Å². The maximum Gasteiger partial charge on any atom is 0.251 e. The lowest BCUT2D eigenvalue weighted by Gasteiger charge is -2.09. The zero-order chi connectivity index (χ0) is 12.8. The molecule has 5 heteroatoms. The summed E-state index contributed by atoms with van der Waals surface area (Å²) in [6, 6.07) is 5.70. The third-order valence-electron chi connectivity index (χ3n) is 2.50. The third kappa shape index (κ3) is 3.48. The molecule has 92 valence electrons. The van der Waals surface area contributed by atoms with Gasteiger partial charge in [0.15, 0.2) is 0 Å². The van der Waals surface area contributed by atoms with E-state index >= 15 is 0 Å². The summed E-state index contributed by atoms with van der Waals surface area (Å²) in [7, 11) is 0. The third-order valence-corrected chi connectivity index (χ3v) is 2.50. The lowest BCUT2D eigenvalue weighted by atomic mass is 10.0. The fourth-order valence-corrected chi connectivity index (χ4v) is 1.62. The number of nitrogens with two attached hydrogens (primary N) is 1. The molecular weight excluding hydrogens is 218 g/mol. The van der Waals surface area contributed by atoms with Crippen molar-refractivity contribution in [3.8, 4) is 0 Å². The van der Waals surface area contributed by atoms with E-state index in [4.69, 9.17) is 10.9 Å². The molecule has 0 aliphatic rings. The highest BCUT2D eigenvalue weighted by atomic mass is 16.4. The van der Waals surface area contributed by atoms with E-state index in [1.165, 1.54) is 0 Å². The Kier molecular flexibility index (Phi) is 4.51. The van der Waals surface area contributed by atoms with Crippen molar-refractivity contribution in [2.75, 3.05) is 6.54 Å². The normalized spacial score (nSPS) is 11.3. The van der Waals surface area contributed by atoms with E-state index in [0.29, 0.717) is 18.5 Å². The Hall–Kier alpha value is -2.04. The molecule has 1 amide bonds. The Morgan fingerprint density at radius 1 is 1.41 bits per heavy atom. The standard InChI is InChI=1S/C12H17N3O2/c1-8-4-3-5-9(2)11(8)12(16)14-7-6-10(13)15-17/h3-5,17H,6-7H2,1-2H3,(H2,13,15)(H,14,16). The highest BCUT2D eigenvalue weighted by molar-refractivity contribution is 5.97. The van der Waals surface area contributed by atoms with Crippen LogP contribution >= 0.6 is 0 Å². The number of aryl methyl sites for hydroxylation is 2. The predicted molar refractivity (Wildman–Crippen MR) is 66.3 cm³/mol. The number of amides is 1. The summed E-state index contributed by atoms with van der Waals surface area (Å²) < 4.78 is 0. The van der Waals surface area contributed by atoms with E-state index < -0.39 is 0 Å². The Bertz CT molecular complexity index is 421. The van der Waals surface area contributed by atoms with Crippen molar-refractivity contribution < 1.29 is 10.0 Å². The SMILES string of the molecule is Cc1cccc(C)c1C(=O)NCC/C(N)=N/O. The summed E-state index contributed by atoms with van der Waals surface area (Å²) in [5, 5.41) is 13.9. The Morgan fingerprint density at radius 3 is 2.53 bits per heavy atom. The zero-order valence-electron chi connectivity index (χ0n) is 10.0. The molecule has 4 N–H and O–H groups in total. The number of carbonyl (C=O) groups is 1. The molecule has 0 spiro atoms. The molecule has 0 atom stereocenters. The molecule has 0 aliphatic carbocycles. The number of oxime groups is 1. The zero-order valence-corrected chi connectivity index (χ0v) is 10.0. The van der Waals surface area contributed by atoms with Crippen LogP contribution in [0, 0.1) is 13.8 Å². The fraction of sp³-hybridized carbons (Fsp3) is 0.333. The lowest BCUT2D eigenvalue weighted by molar-refractivity contribution is 0.0953. The van der Waals surface area contributed by atoms with Crippen molar-refractivity contribution >= 4 is 11.7 Å². The molecule has 17 heavy (non-hydrogen) atoms. The molecule has 0 unspecified atom stereocenters. The molecule has 0 aliphatic heterocycles. The minimum atomic E-state index is -0.133. The molecule has 0 fully saturated rings. The van der Waals surface area contributed by atoms with Crippen molar-refractivity contribution in [1.29, 1.82) is 0 Å². The molecule has 1 aromatic carbocycles. The quantitative estimate of drug-likeness (QED) is 0.317. The maximum absolute atomic E-state index is 11.9. The molecule has 0 bridgehead atoms. The summed E-state index contributed by atoms with van der Waals surface area (Å²) in [5.74, 6) is -0.0295. The maximum atomic E-state index is 11.9. The van der Waals surface area contributed by atoms with E-state index in [1.54, 1.807) is 0 Å². The number of hydrogen-bond acceptors (Lipinski definition) is 3. The summed E-state index contributed by atoms with van der Waals surface area (Å²) in [4.78, 5) is 11.9. The average molecular weight is 235 g/mol. The topological polar surface area (TPSA) is 87.7 Å². The largest absolute Gasteiger partial charge is 0.409 e. The molecule has 0 saturated heterocycles. The van der Waals surface area contributed by atoms with Gasteiger partial charge < -0.3 is 16.3 Å². The van der Waals surface area contributed by atoms with Gasteiger partial charge >= 0.3 is 0 Å². The Balaban J connectivity index is 2.65. The number of carbonyl (C=O) groups excluding carboxylic acids is 1. The molecule has 0 saturated carbocycles. The number of amidine groups is 1. The van der Waals surface area contributed by atoms with E-state index in [-0.39, 0.29) is 11.7 Å². The Morgan fingerprint density at radius 2 is 2.00 bits per heavy atom. The summed E-state index contributed by atoms with van der Waals surface area (Å²) in [6.07, 6.45) is 0.327. The summed E-state index contributed by atoms with van der Waals surface area (Å²) in [6.45, 7) is 4.14. The van der Waals surface area contributed by atoms with Gasteiger partial charge in [-0.2, -0.15) is 0 Å². The van der Waals surface area contributed by atoms with E-state index in [2.05, 4.69) is 10.5 Å². The van der Waals surface area contributed by atoms with Crippen LogP contribution in [-0.4, -0.2) is 23.5 Å². The summed E-state index contributed by atoms with van der Waals surface area (Å²) >= 11 is 0. The van der Waals surface area contributed by atoms with Crippen molar-refractivity contribution in [2.24, 2.45) is 10.9 Å². The number of hydrogen-bond donors (Lipinski definition) is 3. The van der Waals surface area contributed by atoms with Gasteiger partial charge in [-0.25, -0.2) is 0 Å². The van der Waals surface area contributed by atoms with Gasteiger partial charge in [-0.05, 0) is 25.0 Å². The fourth-order valence-electron chi connectivity index (χ4n) is 1.62. The van der Waals surface area contributed by atoms with Crippen molar-refractivity contribution in [2.45, 2.75) is 20.3 Å². The second-order valence-electron chi connectivity index (χ2n) is 3.86. The van der Waals surface area contributed by atoms with Crippen molar-refractivity contribution in [3.63, 3.8) is 0 Å². The van der Waals surface area contributed by atoms with Crippen LogP contribution in [0.4, 0.5) is 0 Å². The first-order valence-corrected chi connectivity index (χ1v) is 5.37. The van der Waals surface area contributed by atoms with Crippen molar-refractivity contribution in [1.82, 2.24) is 5.32 Å². The lowest BCUT2D eigenvalue weighted by Crippen LogP contribution is -2.29. The molecule has 0 radical (unpaired) electrons. The van der Waals surface area contributed by atoms with Crippen LogP contribution in [0.25, 0.3) is 0 Å². The van der Waals surface area contributed by atoms with Crippen molar-refractivity contribution in [3.05, 3.63) is 34.9 Å². The van der Waals surface area contributed by atoms with Crippen LogP contribution in [-0.2, 0) is 0 Å². The summed E-state index contributed by atoms with van der Waals surface area (Å²) in [5.41, 5.74) is 7.87. The second kappa shape index (κ2) is 5.89. The molecule has 1 rings (SSSR count). The number of rotatable bonds is 4. The van der Waals surface area contributed by atoms with E-state index in [9.17, 15) is 4.79 Å². The first kappa shape index (κ1) is 13.0. The molecule has 0 aromatic heterocycles. The van der Waals surface area contributed by atoms with Crippen LogP contribution < -0.4 is 11.1 Å². The van der Waals surface area contributed by atoms with Gasteiger partial charge in [-0.1, -0.05) is 23.4 Å². The van der Waals surface area contributed by atoms with E-state index in [1.807, 2.05) is 32.0 Å². The van der Waals surface area contributed by atoms with Crippen LogP contribution in [0.1, 0.15) is 27.9 Å². The molecule has 5 nitrogen and oxygen atoms in total. The first-order chi connectivity index (χ1) is 8.06. The number of nitrogens with one attached hydrogen (secondary N) is 1. The minimum absolute atomic E-state index is 0.104. The molecule has 0 heterocycles. The molecular formula is C12H17N3O2. The first-order valence-electron chi connectivity index (χ1n) is 5.37. The van der Waals surface area contributed by atoms with Gasteiger partial charge in [0.25, 0.3) is 5.91 Å². The van der Waals surface area contributed by atoms with Crippen LogP contribution in [0.5, 0.6) is 0 Å². The average Bonchev–Trinajstić information content (AvgIpc) is 2.28. The minimum Gasteiger partial charge on any atom is -0.409 e. The Labute approximate surface area is 100 Å². The van der Waals surface area contributed by atoms with Gasteiger partial charge in [-0.3, -0.25) is 4.79 Å². The van der Waals surface area contributed by atoms with Crippen LogP contribution in [0.15, 0.2) is 23.4 Å². The van der Waals surface area contributed by atoms with Crippen LogP contribution in [0.2, 0.25) is 0 Å². The molecule has 1 aromatic rings. The van der Waals surface area contributed by atoms with Gasteiger partial charge in [0.1, 0.15) is 5.84 Å². The number of nitrogens with zero attached hydrogens (tertiary/aromatic N) is 1. The highest BCUT2D eigenvalue weighted by Crippen LogP contribution is 2.12. The monoisotopic (exact) mass is 235 g/mol. The highest BCUT2D eigenvalue weighted by Gasteiger charge is 2.10. The smallest absolute Gasteiger partial charge is 0.251 e. The van der Waals surface area contributed by atoms with Gasteiger partial charge in [0.05, 0.1) is 0 Å². The van der Waals surface area contributed by atoms with Gasteiger partial charge in [0.2, 0.25) is 0 Å². The van der Waals surface area contributed by atoms with Gasteiger partial charge in [-0.15, -0.1) is 0 Å². The van der Waals surface area contributed by atoms with Crippen LogP contribution in [0.3, 0.4) is 0 Å². The number of benzene rings is 1. The van der Waals surface area contributed by atoms with Gasteiger partial charge in [0, 0.05) is 18.5 Å².